The lowest BCUT2D eigenvalue weighted by Gasteiger charge is -2.14. The van der Waals surface area contributed by atoms with Crippen molar-refractivity contribution in [1.29, 1.82) is 0 Å². The number of carbonyl (C=O) groups excluding carboxylic acids is 1. The van der Waals surface area contributed by atoms with Crippen molar-refractivity contribution < 1.29 is 17.6 Å². The highest BCUT2D eigenvalue weighted by Crippen LogP contribution is 2.30. The van der Waals surface area contributed by atoms with E-state index in [1.165, 1.54) is 0 Å². The molecule has 0 spiro atoms. The number of rotatable bonds is 5. The zero-order valence-electron chi connectivity index (χ0n) is 17.3. The predicted octanol–water partition coefficient (Wildman–Crippen LogP) is 3.59. The van der Waals surface area contributed by atoms with Crippen LogP contribution in [0.4, 0.5) is 0 Å². The van der Waals surface area contributed by atoms with Gasteiger partial charge in [-0.3, -0.25) is 4.79 Å². The Morgan fingerprint density at radius 3 is 2.47 bits per heavy atom. The first-order valence-corrected chi connectivity index (χ1v) is 11.9. The fourth-order valence-corrected chi connectivity index (χ4v) is 5.03. The van der Waals surface area contributed by atoms with Crippen LogP contribution in [0, 0.1) is 13.8 Å². The molecule has 30 heavy (non-hydrogen) atoms. The van der Waals surface area contributed by atoms with Gasteiger partial charge in [0, 0.05) is 23.6 Å². The zero-order valence-corrected chi connectivity index (χ0v) is 18.1. The van der Waals surface area contributed by atoms with Crippen LogP contribution in [0.5, 0.6) is 0 Å². The van der Waals surface area contributed by atoms with Crippen LogP contribution in [-0.4, -0.2) is 26.1 Å². The SMILES string of the molecule is Cc1ccc(S(=O)(=O)N/N=C2\CCCc3oc(C(=O)NC4CCCC4)c(C)c32)cc1. The van der Waals surface area contributed by atoms with E-state index in [1.807, 2.05) is 13.8 Å². The first-order valence-electron chi connectivity index (χ1n) is 10.4. The monoisotopic (exact) mass is 429 g/mol. The highest BCUT2D eigenvalue weighted by atomic mass is 32.2. The lowest BCUT2D eigenvalue weighted by Crippen LogP contribution is -2.32. The number of carbonyl (C=O) groups is 1. The lowest BCUT2D eigenvalue weighted by atomic mass is 9.93. The normalized spacial score (nSPS) is 18.4. The van der Waals surface area contributed by atoms with Gasteiger partial charge in [-0.15, -0.1) is 0 Å². The number of furan rings is 1. The minimum atomic E-state index is -3.76. The third kappa shape index (κ3) is 4.14. The van der Waals surface area contributed by atoms with Gasteiger partial charge in [-0.1, -0.05) is 30.5 Å². The predicted molar refractivity (Wildman–Crippen MR) is 114 cm³/mol. The average Bonchev–Trinajstić information content (AvgIpc) is 3.35. The Bertz CT molecular complexity index is 1080. The van der Waals surface area contributed by atoms with Crippen LogP contribution in [0.15, 0.2) is 38.7 Å². The van der Waals surface area contributed by atoms with Gasteiger partial charge in [0.2, 0.25) is 0 Å². The summed E-state index contributed by atoms with van der Waals surface area (Å²) in [6, 6.07) is 6.80. The highest BCUT2D eigenvalue weighted by Gasteiger charge is 2.29. The van der Waals surface area contributed by atoms with E-state index < -0.39 is 10.0 Å². The van der Waals surface area contributed by atoms with Crippen LogP contribution in [0.2, 0.25) is 0 Å². The van der Waals surface area contributed by atoms with Crippen molar-refractivity contribution in [3.63, 3.8) is 0 Å². The Hall–Kier alpha value is -2.61. The van der Waals surface area contributed by atoms with Crippen LogP contribution >= 0.6 is 0 Å². The summed E-state index contributed by atoms with van der Waals surface area (Å²) in [5, 5.41) is 7.28. The average molecular weight is 430 g/mol. The van der Waals surface area contributed by atoms with Gasteiger partial charge in [-0.2, -0.15) is 18.4 Å². The minimum absolute atomic E-state index is 0.161. The second-order valence-corrected chi connectivity index (χ2v) is 9.79. The Kier molecular flexibility index (Phi) is 5.69. The summed E-state index contributed by atoms with van der Waals surface area (Å²) >= 11 is 0. The summed E-state index contributed by atoms with van der Waals surface area (Å²) < 4.78 is 31.1. The molecule has 8 heteroatoms. The summed E-state index contributed by atoms with van der Waals surface area (Å²) in [6.45, 7) is 3.73. The largest absolute Gasteiger partial charge is 0.455 e. The Labute approximate surface area is 177 Å². The molecule has 2 aromatic rings. The number of nitrogens with zero attached hydrogens (tertiary/aromatic N) is 1. The maximum Gasteiger partial charge on any atom is 0.287 e. The molecule has 4 rings (SSSR count). The molecule has 0 atom stereocenters. The molecule has 2 N–H and O–H groups in total. The maximum atomic E-state index is 12.7. The molecule has 1 saturated carbocycles. The standard InChI is InChI=1S/C22H27N3O4S/c1-14-10-12-17(13-11-14)30(27,28)25-24-18-8-5-9-19-20(18)15(2)21(29-19)22(26)23-16-6-3-4-7-16/h10-13,16,25H,3-9H2,1-2H3,(H,23,26)/b24-18+. The van der Waals surface area contributed by atoms with Crippen molar-refractivity contribution in [3.8, 4) is 0 Å². The molecule has 2 aliphatic rings. The molecule has 0 saturated heterocycles. The topological polar surface area (TPSA) is 101 Å². The summed E-state index contributed by atoms with van der Waals surface area (Å²) in [5.74, 6) is 0.805. The molecule has 1 amide bonds. The molecule has 2 aliphatic carbocycles. The number of aryl methyl sites for hydroxylation is 2. The molecule has 1 aromatic heterocycles. The summed E-state index contributed by atoms with van der Waals surface area (Å²) in [6.07, 6.45) is 6.38. The van der Waals surface area contributed by atoms with E-state index in [0.29, 0.717) is 35.6 Å². The number of fused-ring (bicyclic) bond motifs is 1. The van der Waals surface area contributed by atoms with Crippen LogP contribution < -0.4 is 10.1 Å². The highest BCUT2D eigenvalue weighted by molar-refractivity contribution is 7.89. The molecule has 1 fully saturated rings. The number of sulfonamides is 1. The van der Waals surface area contributed by atoms with E-state index >= 15 is 0 Å². The van der Waals surface area contributed by atoms with Crippen LogP contribution in [0.1, 0.15) is 71.5 Å². The first-order chi connectivity index (χ1) is 14.3. The van der Waals surface area contributed by atoms with Crippen molar-refractivity contribution >= 4 is 21.6 Å². The number of benzene rings is 1. The summed E-state index contributed by atoms with van der Waals surface area (Å²) in [7, 11) is -3.76. The van der Waals surface area contributed by atoms with E-state index in [2.05, 4.69) is 15.2 Å². The third-order valence-electron chi connectivity index (χ3n) is 5.85. The number of amides is 1. The Balaban J connectivity index is 1.58. The number of hydrazone groups is 1. The summed E-state index contributed by atoms with van der Waals surface area (Å²) in [5.41, 5.74) is 3.06. The van der Waals surface area contributed by atoms with E-state index in [1.54, 1.807) is 24.3 Å². The van der Waals surface area contributed by atoms with Crippen LogP contribution in [0.3, 0.4) is 0 Å². The van der Waals surface area contributed by atoms with E-state index in [9.17, 15) is 13.2 Å². The second kappa shape index (κ2) is 8.26. The summed E-state index contributed by atoms with van der Waals surface area (Å²) in [4.78, 5) is 15.2. The molecule has 7 nitrogen and oxygen atoms in total. The first kappa shape index (κ1) is 20.7. The smallest absolute Gasteiger partial charge is 0.287 e. The van der Waals surface area contributed by atoms with Crippen molar-refractivity contribution in [2.24, 2.45) is 5.10 Å². The zero-order chi connectivity index (χ0) is 21.3. The number of nitrogens with one attached hydrogen (secondary N) is 2. The van der Waals surface area contributed by atoms with Gasteiger partial charge in [0.1, 0.15) is 5.76 Å². The molecule has 0 radical (unpaired) electrons. The molecule has 1 aromatic carbocycles. The van der Waals surface area contributed by atoms with Crippen LogP contribution in [0.25, 0.3) is 0 Å². The van der Waals surface area contributed by atoms with Crippen LogP contribution in [-0.2, 0) is 16.4 Å². The van der Waals surface area contributed by atoms with Gasteiger partial charge in [0.15, 0.2) is 5.76 Å². The van der Waals surface area contributed by atoms with E-state index in [-0.39, 0.29) is 16.8 Å². The van der Waals surface area contributed by atoms with Gasteiger partial charge in [-0.05, 0) is 51.7 Å². The van der Waals surface area contributed by atoms with Crippen molar-refractivity contribution in [2.45, 2.75) is 69.7 Å². The number of hydrogen-bond donors (Lipinski definition) is 2. The third-order valence-corrected chi connectivity index (χ3v) is 7.08. The maximum absolute atomic E-state index is 12.7. The Morgan fingerprint density at radius 2 is 1.77 bits per heavy atom. The minimum Gasteiger partial charge on any atom is -0.455 e. The van der Waals surface area contributed by atoms with Gasteiger partial charge < -0.3 is 9.73 Å². The molecule has 0 bridgehead atoms. The van der Waals surface area contributed by atoms with Crippen molar-refractivity contribution in [3.05, 3.63) is 52.5 Å². The number of hydrogen-bond acceptors (Lipinski definition) is 5. The molecule has 1 heterocycles. The second-order valence-electron chi connectivity index (χ2n) is 8.13. The van der Waals surface area contributed by atoms with Crippen molar-refractivity contribution in [1.82, 2.24) is 10.1 Å². The molecular weight excluding hydrogens is 402 g/mol. The Morgan fingerprint density at radius 1 is 1.07 bits per heavy atom. The molecule has 0 aliphatic heterocycles. The molecule has 0 unspecified atom stereocenters. The van der Waals surface area contributed by atoms with E-state index in [0.717, 1.165) is 43.2 Å². The van der Waals surface area contributed by atoms with Gasteiger partial charge in [0.25, 0.3) is 15.9 Å². The fraction of sp³-hybridized carbons (Fsp3) is 0.455. The van der Waals surface area contributed by atoms with Gasteiger partial charge in [-0.25, -0.2) is 0 Å². The molecular formula is C22H27N3O4S. The van der Waals surface area contributed by atoms with Gasteiger partial charge >= 0.3 is 0 Å². The van der Waals surface area contributed by atoms with Gasteiger partial charge in [0.05, 0.1) is 10.6 Å². The molecule has 160 valence electrons. The van der Waals surface area contributed by atoms with E-state index in [4.69, 9.17) is 4.42 Å². The van der Waals surface area contributed by atoms with Crippen molar-refractivity contribution in [2.75, 3.05) is 0 Å². The quantitative estimate of drug-likeness (QED) is 0.709. The fourth-order valence-electron chi connectivity index (χ4n) is 4.20. The lowest BCUT2D eigenvalue weighted by molar-refractivity contribution is 0.0907.